The lowest BCUT2D eigenvalue weighted by Crippen LogP contribution is -2.65. The molecule has 12 heteroatoms. The first-order valence-electron chi connectivity index (χ1n) is 12.0. The average Bonchev–Trinajstić information content (AvgIpc) is 2.88. The van der Waals surface area contributed by atoms with Gasteiger partial charge in [0, 0.05) is 11.1 Å². The summed E-state index contributed by atoms with van der Waals surface area (Å²) in [6.45, 7) is 1.65. The highest BCUT2D eigenvalue weighted by Crippen LogP contribution is 2.50. The number of carbonyl (C=O) groups excluding carboxylic acids is 2. The van der Waals surface area contributed by atoms with E-state index in [2.05, 4.69) is 0 Å². The molecule has 0 radical (unpaired) electrons. The van der Waals surface area contributed by atoms with Crippen molar-refractivity contribution in [3.05, 3.63) is 58.1 Å². The van der Waals surface area contributed by atoms with Gasteiger partial charge in [-0.15, -0.1) is 0 Å². The van der Waals surface area contributed by atoms with Crippen LogP contribution in [0.15, 0.2) is 30.3 Å². The minimum atomic E-state index is -2.52. The highest BCUT2D eigenvalue weighted by atomic mass is 16.6. The number of aliphatic hydroxyl groups is 6. The molecular weight excluding hydrogens is 504 g/mol. The van der Waals surface area contributed by atoms with Crippen LogP contribution in [0.25, 0.3) is 0 Å². The lowest BCUT2D eigenvalue weighted by atomic mass is 9.68. The van der Waals surface area contributed by atoms with Crippen molar-refractivity contribution in [1.29, 1.82) is 0 Å². The van der Waals surface area contributed by atoms with E-state index in [1.807, 2.05) is 0 Å². The number of carbonyl (C=O) groups is 2. The predicted molar refractivity (Wildman–Crippen MR) is 127 cm³/mol. The summed E-state index contributed by atoms with van der Waals surface area (Å²) < 4.78 is 10.9. The highest BCUT2D eigenvalue weighted by Gasteiger charge is 2.58. The van der Waals surface area contributed by atoms with Crippen LogP contribution in [0.1, 0.15) is 46.5 Å². The fourth-order valence-corrected chi connectivity index (χ4v) is 4.91. The molecule has 1 fully saturated rings. The van der Waals surface area contributed by atoms with E-state index in [9.17, 15) is 50.4 Å². The highest BCUT2D eigenvalue weighted by molar-refractivity contribution is 6.16. The molecule has 8 unspecified atom stereocenters. The number of aliphatic hydroxyl groups excluding tert-OH is 5. The van der Waals surface area contributed by atoms with E-state index in [1.54, 1.807) is 0 Å². The Bertz CT molecular complexity index is 1240. The van der Waals surface area contributed by atoms with E-state index in [-0.39, 0.29) is 22.3 Å². The number of hydrogen-bond donors (Lipinski definition) is 8. The minimum Gasteiger partial charge on any atom is -0.507 e. The van der Waals surface area contributed by atoms with Crippen molar-refractivity contribution in [3.63, 3.8) is 0 Å². The zero-order valence-electron chi connectivity index (χ0n) is 20.6. The molecule has 0 amide bonds. The first kappa shape index (κ1) is 27.9. The van der Waals surface area contributed by atoms with E-state index in [0.717, 1.165) is 6.07 Å². The van der Waals surface area contributed by atoms with Crippen LogP contribution < -0.4 is 0 Å². The normalized spacial score (nSPS) is 30.2. The Balaban J connectivity index is 1.88. The van der Waals surface area contributed by atoms with Crippen molar-refractivity contribution in [3.8, 4) is 11.5 Å². The number of fused-ring (bicyclic) bond motifs is 2. The summed E-state index contributed by atoms with van der Waals surface area (Å²) >= 11 is 0. The monoisotopic (exact) mass is 534 g/mol. The van der Waals surface area contributed by atoms with Crippen LogP contribution in [0.4, 0.5) is 0 Å². The van der Waals surface area contributed by atoms with Crippen LogP contribution in [0.2, 0.25) is 0 Å². The molecule has 0 bridgehead atoms. The molecule has 2 aliphatic rings. The second-order valence-electron chi connectivity index (χ2n) is 9.72. The number of hydrogen-bond acceptors (Lipinski definition) is 12. The molecule has 2 aromatic rings. The Morgan fingerprint density at radius 2 is 1.68 bits per heavy atom. The maximum Gasteiger partial charge on any atom is 0.311 e. The Morgan fingerprint density at radius 1 is 1.03 bits per heavy atom. The van der Waals surface area contributed by atoms with Gasteiger partial charge in [-0.2, -0.15) is 0 Å². The number of ether oxygens (including phenoxy) is 2. The maximum absolute atomic E-state index is 13.4. The number of benzene rings is 2. The molecule has 8 atom stereocenters. The summed E-state index contributed by atoms with van der Waals surface area (Å²) in [5.41, 5.74) is -3.75. The van der Waals surface area contributed by atoms with Gasteiger partial charge in [-0.1, -0.05) is 12.1 Å². The van der Waals surface area contributed by atoms with Crippen LogP contribution in [-0.4, -0.2) is 95.8 Å². The van der Waals surface area contributed by atoms with Gasteiger partial charge in [0.05, 0.1) is 29.8 Å². The molecule has 0 aromatic heterocycles. The van der Waals surface area contributed by atoms with Gasteiger partial charge >= 0.3 is 5.97 Å². The van der Waals surface area contributed by atoms with Crippen molar-refractivity contribution in [2.24, 2.45) is 5.92 Å². The second-order valence-corrected chi connectivity index (χ2v) is 9.72. The maximum atomic E-state index is 13.4. The molecule has 1 heterocycles. The Hall–Kier alpha value is -3.10. The van der Waals surface area contributed by atoms with Gasteiger partial charge in [0.2, 0.25) is 5.78 Å². The average molecular weight is 535 g/mol. The van der Waals surface area contributed by atoms with Crippen molar-refractivity contribution >= 4 is 11.8 Å². The van der Waals surface area contributed by atoms with E-state index in [0.29, 0.717) is 0 Å². The summed E-state index contributed by atoms with van der Waals surface area (Å²) in [6.07, 6.45) is -9.78. The molecule has 12 nitrogen and oxygen atoms in total. The standard InChI is InChI=1S/C26H30O12/c1-10(11(2)28)25(35)37-9-12-6-14-19(16(30)7-12)21(32)18-13(4-3-5-15(18)29)26(14,36)24-23(34)22(33)20(31)17(8-27)38-24/h3-7,10-11,17,20,22-24,27-31,33-34,36H,8-9H2,1-2H3. The van der Waals surface area contributed by atoms with E-state index < -0.39 is 90.2 Å². The molecular formula is C26H30O12. The summed E-state index contributed by atoms with van der Waals surface area (Å²) in [6, 6.07) is 6.15. The summed E-state index contributed by atoms with van der Waals surface area (Å²) in [4.78, 5) is 25.6. The van der Waals surface area contributed by atoms with Crippen LogP contribution >= 0.6 is 0 Å². The minimum absolute atomic E-state index is 0.117. The molecule has 4 rings (SSSR count). The molecule has 0 saturated carbocycles. The third-order valence-electron chi connectivity index (χ3n) is 7.28. The van der Waals surface area contributed by atoms with Crippen LogP contribution in [-0.2, 0) is 26.5 Å². The number of ketones is 1. The predicted octanol–water partition coefficient (Wildman–Crippen LogP) is -1.22. The van der Waals surface area contributed by atoms with Crippen molar-refractivity contribution in [2.75, 3.05) is 6.61 Å². The lowest BCUT2D eigenvalue weighted by molar-refractivity contribution is -0.265. The lowest BCUT2D eigenvalue weighted by Gasteiger charge is -2.49. The fourth-order valence-electron chi connectivity index (χ4n) is 4.91. The van der Waals surface area contributed by atoms with Gasteiger partial charge in [0.25, 0.3) is 0 Å². The molecule has 0 spiro atoms. The summed E-state index contributed by atoms with van der Waals surface area (Å²) in [5, 5.41) is 84.4. The Kier molecular flexibility index (Phi) is 7.51. The molecule has 2 aromatic carbocycles. The summed E-state index contributed by atoms with van der Waals surface area (Å²) in [7, 11) is 0. The number of rotatable bonds is 6. The number of phenols is 2. The van der Waals surface area contributed by atoms with Gasteiger partial charge in [0.15, 0.2) is 0 Å². The largest absolute Gasteiger partial charge is 0.507 e. The molecule has 206 valence electrons. The third-order valence-corrected chi connectivity index (χ3v) is 7.28. The molecule has 38 heavy (non-hydrogen) atoms. The topological polar surface area (TPSA) is 214 Å². The number of phenolic OH excluding ortho intramolecular Hbond substituents is 2. The van der Waals surface area contributed by atoms with Gasteiger partial charge < -0.3 is 50.3 Å². The smallest absolute Gasteiger partial charge is 0.311 e. The number of aromatic hydroxyl groups is 2. The molecule has 1 aliphatic carbocycles. The van der Waals surface area contributed by atoms with Gasteiger partial charge in [0.1, 0.15) is 54.2 Å². The van der Waals surface area contributed by atoms with Crippen LogP contribution in [0.3, 0.4) is 0 Å². The third kappa shape index (κ3) is 4.33. The van der Waals surface area contributed by atoms with Gasteiger partial charge in [-0.05, 0) is 37.6 Å². The first-order chi connectivity index (χ1) is 17.8. The Labute approximate surface area is 216 Å². The Morgan fingerprint density at radius 3 is 2.32 bits per heavy atom. The van der Waals surface area contributed by atoms with Gasteiger partial charge in [-0.3, -0.25) is 9.59 Å². The van der Waals surface area contributed by atoms with E-state index in [1.165, 1.54) is 38.1 Å². The van der Waals surface area contributed by atoms with Crippen molar-refractivity contribution < 1.29 is 59.9 Å². The number of esters is 1. The van der Waals surface area contributed by atoms with Gasteiger partial charge in [-0.25, -0.2) is 0 Å². The SMILES string of the molecule is CC(O)C(C)C(=O)OCc1cc(O)c2c(c1)C(O)(C1OC(CO)C(O)C(O)C1O)c1cccc(O)c1C2=O. The first-order valence-corrected chi connectivity index (χ1v) is 12.0. The molecule has 1 aliphatic heterocycles. The summed E-state index contributed by atoms with van der Waals surface area (Å²) in [5.74, 6) is -3.63. The molecule has 8 N–H and O–H groups in total. The molecule has 1 saturated heterocycles. The zero-order chi connectivity index (χ0) is 28.1. The fraction of sp³-hybridized carbons (Fsp3) is 0.462. The van der Waals surface area contributed by atoms with E-state index in [4.69, 9.17) is 9.47 Å². The van der Waals surface area contributed by atoms with Crippen molar-refractivity contribution in [1.82, 2.24) is 0 Å². The zero-order valence-corrected chi connectivity index (χ0v) is 20.6. The second kappa shape index (κ2) is 10.2. The van der Waals surface area contributed by atoms with Crippen molar-refractivity contribution in [2.45, 2.75) is 62.7 Å². The van der Waals surface area contributed by atoms with E-state index >= 15 is 0 Å². The van der Waals surface area contributed by atoms with Crippen LogP contribution in [0.5, 0.6) is 11.5 Å². The quantitative estimate of drug-likeness (QED) is 0.205. The van der Waals surface area contributed by atoms with Crippen LogP contribution in [0, 0.1) is 5.92 Å².